The normalized spacial score (nSPS) is 10.5. The summed E-state index contributed by atoms with van der Waals surface area (Å²) in [5.41, 5.74) is 0.0879. The van der Waals surface area contributed by atoms with Crippen LogP contribution in [-0.4, -0.2) is 37.1 Å². The van der Waals surface area contributed by atoms with Gasteiger partial charge in [-0.15, -0.1) is 0 Å². The Morgan fingerprint density at radius 3 is 2.41 bits per heavy atom. The first-order valence-corrected chi connectivity index (χ1v) is 5.61. The molecule has 0 aliphatic rings. The maximum Gasteiger partial charge on any atom is 0.269 e. The fourth-order valence-corrected chi connectivity index (χ4v) is 1.38. The summed E-state index contributed by atoms with van der Waals surface area (Å²) in [6.07, 6.45) is 2.06. The smallest absolute Gasteiger partial charge is 0.269 e. The zero-order valence-electron chi connectivity index (χ0n) is 10.3. The Morgan fingerprint density at radius 2 is 1.88 bits per heavy atom. The lowest BCUT2D eigenvalue weighted by Crippen LogP contribution is -2.13. The van der Waals surface area contributed by atoms with E-state index in [0.717, 1.165) is 19.4 Å². The standard InChI is InChI=1S/C12H18N2O3/c1-13(2)9-3-4-10-17-12-7-5-11(6-8-12)14(15)16/h5-8H,3-4,9-10H2,1-2H3. The van der Waals surface area contributed by atoms with Crippen molar-refractivity contribution in [1.29, 1.82) is 0 Å². The Kier molecular flexibility index (Phi) is 5.42. The zero-order chi connectivity index (χ0) is 12.7. The first-order valence-electron chi connectivity index (χ1n) is 5.61. The molecular formula is C12H18N2O3. The van der Waals surface area contributed by atoms with Crippen LogP contribution in [0.5, 0.6) is 5.75 Å². The largest absolute Gasteiger partial charge is 0.494 e. The fourth-order valence-electron chi connectivity index (χ4n) is 1.38. The highest BCUT2D eigenvalue weighted by atomic mass is 16.6. The number of nitrogens with zero attached hydrogens (tertiary/aromatic N) is 2. The molecule has 1 rings (SSSR count). The summed E-state index contributed by atoms with van der Waals surface area (Å²) in [5.74, 6) is 0.681. The van der Waals surface area contributed by atoms with Crippen molar-refractivity contribution in [2.45, 2.75) is 12.8 Å². The van der Waals surface area contributed by atoms with Crippen LogP contribution < -0.4 is 4.74 Å². The Morgan fingerprint density at radius 1 is 1.24 bits per heavy atom. The van der Waals surface area contributed by atoms with Crippen molar-refractivity contribution in [2.24, 2.45) is 0 Å². The molecule has 1 aromatic rings. The molecular weight excluding hydrogens is 220 g/mol. The van der Waals surface area contributed by atoms with Crippen LogP contribution >= 0.6 is 0 Å². The molecule has 0 bridgehead atoms. The van der Waals surface area contributed by atoms with Gasteiger partial charge >= 0.3 is 0 Å². The summed E-state index contributed by atoms with van der Waals surface area (Å²) < 4.78 is 5.48. The minimum atomic E-state index is -0.416. The number of non-ortho nitro benzene ring substituents is 1. The molecule has 0 radical (unpaired) electrons. The molecule has 0 aliphatic carbocycles. The Bertz CT molecular complexity index is 349. The van der Waals surface area contributed by atoms with E-state index >= 15 is 0 Å². The lowest BCUT2D eigenvalue weighted by atomic mass is 10.3. The number of nitro groups is 1. The van der Waals surface area contributed by atoms with Gasteiger partial charge < -0.3 is 9.64 Å². The van der Waals surface area contributed by atoms with E-state index in [1.807, 2.05) is 14.1 Å². The van der Waals surface area contributed by atoms with E-state index < -0.39 is 4.92 Å². The van der Waals surface area contributed by atoms with Crippen LogP contribution in [0.15, 0.2) is 24.3 Å². The topological polar surface area (TPSA) is 55.6 Å². The molecule has 0 aromatic heterocycles. The van der Waals surface area contributed by atoms with E-state index in [0.29, 0.717) is 12.4 Å². The van der Waals surface area contributed by atoms with Crippen LogP contribution in [0.4, 0.5) is 5.69 Å². The molecule has 0 atom stereocenters. The molecule has 5 nitrogen and oxygen atoms in total. The Labute approximate surface area is 101 Å². The van der Waals surface area contributed by atoms with Crippen LogP contribution in [0.2, 0.25) is 0 Å². The van der Waals surface area contributed by atoms with Crippen LogP contribution in [-0.2, 0) is 0 Å². The van der Waals surface area contributed by atoms with Crippen molar-refractivity contribution in [3.05, 3.63) is 34.4 Å². The third kappa shape index (κ3) is 5.31. The molecule has 1 aromatic carbocycles. The number of ether oxygens (including phenoxy) is 1. The lowest BCUT2D eigenvalue weighted by molar-refractivity contribution is -0.384. The van der Waals surface area contributed by atoms with Gasteiger partial charge in [-0.05, 0) is 45.6 Å². The summed E-state index contributed by atoms with van der Waals surface area (Å²) in [5, 5.41) is 10.4. The number of rotatable bonds is 7. The molecule has 0 amide bonds. The summed E-state index contributed by atoms with van der Waals surface area (Å²) >= 11 is 0. The van der Waals surface area contributed by atoms with Gasteiger partial charge in [0, 0.05) is 12.1 Å². The predicted molar refractivity (Wildman–Crippen MR) is 66.4 cm³/mol. The monoisotopic (exact) mass is 238 g/mol. The molecule has 0 saturated heterocycles. The molecule has 0 saturated carbocycles. The van der Waals surface area contributed by atoms with E-state index in [4.69, 9.17) is 4.74 Å². The van der Waals surface area contributed by atoms with E-state index in [2.05, 4.69) is 4.90 Å². The van der Waals surface area contributed by atoms with Crippen molar-refractivity contribution < 1.29 is 9.66 Å². The molecule has 0 spiro atoms. The van der Waals surface area contributed by atoms with Crippen molar-refractivity contribution in [1.82, 2.24) is 4.90 Å². The van der Waals surface area contributed by atoms with Gasteiger partial charge in [0.15, 0.2) is 0 Å². The molecule has 0 unspecified atom stereocenters. The third-order valence-electron chi connectivity index (χ3n) is 2.32. The van der Waals surface area contributed by atoms with Crippen LogP contribution in [0.3, 0.4) is 0 Å². The number of nitro benzene ring substituents is 1. The van der Waals surface area contributed by atoms with Gasteiger partial charge in [0.1, 0.15) is 5.75 Å². The van der Waals surface area contributed by atoms with Crippen LogP contribution in [0, 0.1) is 10.1 Å². The maximum atomic E-state index is 10.4. The van der Waals surface area contributed by atoms with Gasteiger partial charge in [0.05, 0.1) is 11.5 Å². The van der Waals surface area contributed by atoms with E-state index in [1.165, 1.54) is 12.1 Å². The molecule has 5 heteroatoms. The molecule has 0 N–H and O–H groups in total. The average Bonchev–Trinajstić information content (AvgIpc) is 2.29. The van der Waals surface area contributed by atoms with Gasteiger partial charge in [-0.2, -0.15) is 0 Å². The third-order valence-corrected chi connectivity index (χ3v) is 2.32. The second-order valence-corrected chi connectivity index (χ2v) is 4.11. The number of hydrogen-bond donors (Lipinski definition) is 0. The predicted octanol–water partition coefficient (Wildman–Crippen LogP) is 2.32. The summed E-state index contributed by atoms with van der Waals surface area (Å²) in [4.78, 5) is 12.2. The number of unbranched alkanes of at least 4 members (excludes halogenated alkanes) is 1. The lowest BCUT2D eigenvalue weighted by Gasteiger charge is -2.09. The maximum absolute atomic E-state index is 10.4. The number of benzene rings is 1. The van der Waals surface area contributed by atoms with E-state index in [1.54, 1.807) is 12.1 Å². The second kappa shape index (κ2) is 6.85. The highest BCUT2D eigenvalue weighted by molar-refractivity contribution is 5.35. The van der Waals surface area contributed by atoms with Crippen molar-refractivity contribution in [3.63, 3.8) is 0 Å². The number of hydrogen-bond acceptors (Lipinski definition) is 4. The molecule has 0 aliphatic heterocycles. The van der Waals surface area contributed by atoms with E-state index in [9.17, 15) is 10.1 Å². The van der Waals surface area contributed by atoms with Crippen molar-refractivity contribution in [2.75, 3.05) is 27.2 Å². The summed E-state index contributed by atoms with van der Waals surface area (Å²) in [7, 11) is 4.08. The van der Waals surface area contributed by atoms with Gasteiger partial charge in [0.25, 0.3) is 5.69 Å². The van der Waals surface area contributed by atoms with Gasteiger partial charge in [-0.3, -0.25) is 10.1 Å². The SMILES string of the molecule is CN(C)CCCCOc1ccc([N+](=O)[O-])cc1. The quantitative estimate of drug-likeness (QED) is 0.415. The highest BCUT2D eigenvalue weighted by Crippen LogP contribution is 2.17. The van der Waals surface area contributed by atoms with Crippen LogP contribution in [0.25, 0.3) is 0 Å². The molecule has 17 heavy (non-hydrogen) atoms. The van der Waals surface area contributed by atoms with Gasteiger partial charge in [0.2, 0.25) is 0 Å². The van der Waals surface area contributed by atoms with Crippen molar-refractivity contribution in [3.8, 4) is 5.75 Å². The molecule has 0 heterocycles. The molecule has 94 valence electrons. The summed E-state index contributed by atoms with van der Waals surface area (Å²) in [6, 6.07) is 6.17. The minimum absolute atomic E-state index is 0.0879. The second-order valence-electron chi connectivity index (χ2n) is 4.11. The fraction of sp³-hybridized carbons (Fsp3) is 0.500. The Hall–Kier alpha value is -1.62. The first-order chi connectivity index (χ1) is 8.09. The Balaban J connectivity index is 2.25. The molecule has 0 fully saturated rings. The van der Waals surface area contributed by atoms with Crippen molar-refractivity contribution >= 4 is 5.69 Å². The summed E-state index contributed by atoms with van der Waals surface area (Å²) in [6.45, 7) is 1.69. The van der Waals surface area contributed by atoms with Gasteiger partial charge in [-0.1, -0.05) is 0 Å². The minimum Gasteiger partial charge on any atom is -0.494 e. The first kappa shape index (κ1) is 13.4. The van der Waals surface area contributed by atoms with Gasteiger partial charge in [-0.25, -0.2) is 0 Å². The average molecular weight is 238 g/mol. The highest BCUT2D eigenvalue weighted by Gasteiger charge is 2.03. The van der Waals surface area contributed by atoms with Crippen LogP contribution in [0.1, 0.15) is 12.8 Å². The zero-order valence-corrected chi connectivity index (χ0v) is 10.3. The van der Waals surface area contributed by atoms with E-state index in [-0.39, 0.29) is 5.69 Å².